The van der Waals surface area contributed by atoms with Crippen LogP contribution in [0, 0.1) is 5.92 Å². The quantitative estimate of drug-likeness (QED) is 0.598. The molecule has 3 nitrogen and oxygen atoms in total. The fraction of sp³-hybridized carbons (Fsp3) is 0.471. The first kappa shape index (κ1) is 17.4. The van der Waals surface area contributed by atoms with E-state index in [0.29, 0.717) is 0 Å². The molecule has 1 aromatic carbocycles. The normalized spacial score (nSPS) is 26.4. The van der Waals surface area contributed by atoms with Gasteiger partial charge in [-0.1, -0.05) is 37.3 Å². The number of hydrogen-bond donors (Lipinski definition) is 0. The van der Waals surface area contributed by atoms with Gasteiger partial charge in [-0.2, -0.15) is 13.2 Å². The molecule has 23 heavy (non-hydrogen) atoms. The van der Waals surface area contributed by atoms with E-state index in [1.807, 2.05) is 0 Å². The molecule has 1 aliphatic heterocycles. The van der Waals surface area contributed by atoms with Gasteiger partial charge in [0.1, 0.15) is 11.4 Å². The molecule has 0 N–H and O–H groups in total. The molecule has 1 aromatic rings. The first-order chi connectivity index (χ1) is 10.5. The second kappa shape index (κ2) is 5.58. The van der Waals surface area contributed by atoms with Crippen LogP contribution >= 0.6 is 0 Å². The van der Waals surface area contributed by atoms with Crippen LogP contribution in [0.2, 0.25) is 0 Å². The standard InChI is InChI=1S/C17H19F3O3/c1-11-13(10-14(21)23-15(2,3)4)22-16(11,17(18,19)20)12-8-6-5-7-9-12/h5-11H,1-4H3/b13-10+/t11-,16?/m0/s1. The van der Waals surface area contributed by atoms with E-state index >= 15 is 0 Å². The van der Waals surface area contributed by atoms with Gasteiger partial charge in [0.2, 0.25) is 5.60 Å². The molecule has 0 saturated carbocycles. The van der Waals surface area contributed by atoms with Crippen LogP contribution in [-0.4, -0.2) is 17.7 Å². The highest BCUT2D eigenvalue weighted by molar-refractivity contribution is 5.83. The Kier molecular flexibility index (Phi) is 4.22. The van der Waals surface area contributed by atoms with Gasteiger partial charge >= 0.3 is 12.1 Å². The topological polar surface area (TPSA) is 35.5 Å². The van der Waals surface area contributed by atoms with Gasteiger partial charge < -0.3 is 9.47 Å². The zero-order valence-corrected chi connectivity index (χ0v) is 13.4. The number of hydrogen-bond acceptors (Lipinski definition) is 3. The molecule has 1 heterocycles. The van der Waals surface area contributed by atoms with Crippen LogP contribution in [0.1, 0.15) is 33.3 Å². The largest absolute Gasteiger partial charge is 0.476 e. The van der Waals surface area contributed by atoms with Gasteiger partial charge in [-0.25, -0.2) is 4.79 Å². The van der Waals surface area contributed by atoms with Gasteiger partial charge in [0, 0.05) is 5.56 Å². The van der Waals surface area contributed by atoms with Crippen molar-refractivity contribution >= 4 is 5.97 Å². The maximum atomic E-state index is 13.6. The van der Waals surface area contributed by atoms with Crippen molar-refractivity contribution in [1.82, 2.24) is 0 Å². The van der Waals surface area contributed by atoms with E-state index in [1.54, 1.807) is 26.8 Å². The molecule has 6 heteroatoms. The lowest BCUT2D eigenvalue weighted by Gasteiger charge is -2.50. The molecule has 0 radical (unpaired) electrons. The first-order valence-electron chi connectivity index (χ1n) is 7.23. The van der Waals surface area contributed by atoms with Crippen molar-refractivity contribution in [3.05, 3.63) is 47.7 Å². The van der Waals surface area contributed by atoms with E-state index in [4.69, 9.17) is 9.47 Å². The van der Waals surface area contributed by atoms with Crippen molar-refractivity contribution in [2.45, 2.75) is 45.1 Å². The van der Waals surface area contributed by atoms with Crippen molar-refractivity contribution in [3.8, 4) is 0 Å². The highest BCUT2D eigenvalue weighted by Gasteiger charge is 2.69. The summed E-state index contributed by atoms with van der Waals surface area (Å²) in [6.45, 7) is 6.43. The van der Waals surface area contributed by atoms with Gasteiger partial charge in [0.05, 0.1) is 12.0 Å². The summed E-state index contributed by atoms with van der Waals surface area (Å²) in [6.07, 6.45) is -3.61. The summed E-state index contributed by atoms with van der Waals surface area (Å²) >= 11 is 0. The summed E-state index contributed by atoms with van der Waals surface area (Å²) in [5, 5.41) is 0. The Morgan fingerprint density at radius 3 is 2.22 bits per heavy atom. The monoisotopic (exact) mass is 328 g/mol. The van der Waals surface area contributed by atoms with Crippen LogP contribution in [0.15, 0.2) is 42.2 Å². The van der Waals surface area contributed by atoms with E-state index in [2.05, 4.69) is 0 Å². The molecule has 0 amide bonds. The molecular formula is C17H19F3O3. The van der Waals surface area contributed by atoms with E-state index in [9.17, 15) is 18.0 Å². The molecule has 126 valence electrons. The Bertz CT molecular complexity index is 614. The number of rotatable bonds is 2. The lowest BCUT2D eigenvalue weighted by Crippen LogP contribution is -2.58. The molecule has 1 fully saturated rings. The molecule has 0 spiro atoms. The van der Waals surface area contributed by atoms with E-state index in [1.165, 1.54) is 31.2 Å². The second-order valence-electron chi connectivity index (χ2n) is 6.50. The van der Waals surface area contributed by atoms with Crippen molar-refractivity contribution < 1.29 is 27.4 Å². The summed E-state index contributed by atoms with van der Waals surface area (Å²) in [5.74, 6) is -1.76. The summed E-state index contributed by atoms with van der Waals surface area (Å²) < 4.78 is 51.0. The van der Waals surface area contributed by atoms with E-state index < -0.39 is 29.3 Å². The number of benzene rings is 1. The van der Waals surface area contributed by atoms with E-state index in [0.717, 1.165) is 6.08 Å². The number of alkyl halides is 3. The summed E-state index contributed by atoms with van der Waals surface area (Å²) in [6, 6.07) is 7.42. The summed E-state index contributed by atoms with van der Waals surface area (Å²) in [5.41, 5.74) is -3.13. The SMILES string of the molecule is C[C@H]1/C(=C\C(=O)OC(C)(C)C)OC1(c1ccccc1)C(F)(F)F. The van der Waals surface area contributed by atoms with Crippen molar-refractivity contribution in [3.63, 3.8) is 0 Å². The fourth-order valence-corrected chi connectivity index (χ4v) is 2.57. The van der Waals surface area contributed by atoms with Crippen LogP contribution in [0.3, 0.4) is 0 Å². The average molecular weight is 328 g/mol. The molecule has 0 bridgehead atoms. The number of halogens is 3. The predicted molar refractivity (Wildman–Crippen MR) is 78.4 cm³/mol. The van der Waals surface area contributed by atoms with Gasteiger partial charge in [0.25, 0.3) is 0 Å². The molecule has 0 aromatic heterocycles. The lowest BCUT2D eigenvalue weighted by atomic mass is 9.75. The average Bonchev–Trinajstić information content (AvgIpc) is 2.40. The van der Waals surface area contributed by atoms with E-state index in [-0.39, 0.29) is 11.3 Å². The van der Waals surface area contributed by atoms with Crippen LogP contribution in [0.25, 0.3) is 0 Å². The minimum atomic E-state index is -4.60. The minimum Gasteiger partial charge on any atom is -0.476 e. The Labute approximate surface area is 133 Å². The maximum absolute atomic E-state index is 13.6. The van der Waals surface area contributed by atoms with Gasteiger partial charge in [-0.3, -0.25) is 0 Å². The molecule has 1 unspecified atom stereocenters. The van der Waals surface area contributed by atoms with Gasteiger partial charge in [0.15, 0.2) is 0 Å². The van der Waals surface area contributed by atoms with Crippen molar-refractivity contribution in [2.24, 2.45) is 5.92 Å². The number of esters is 1. The molecule has 2 atom stereocenters. The molecule has 1 aliphatic rings. The van der Waals surface area contributed by atoms with Crippen LogP contribution in [-0.2, 0) is 19.9 Å². The molecular weight excluding hydrogens is 309 g/mol. The predicted octanol–water partition coefficient (Wildman–Crippen LogP) is 4.34. The van der Waals surface area contributed by atoms with Gasteiger partial charge in [-0.15, -0.1) is 0 Å². The zero-order chi connectivity index (χ0) is 17.5. The van der Waals surface area contributed by atoms with Crippen molar-refractivity contribution in [2.75, 3.05) is 0 Å². The highest BCUT2D eigenvalue weighted by atomic mass is 19.4. The summed E-state index contributed by atoms with van der Waals surface area (Å²) in [4.78, 5) is 11.7. The Morgan fingerprint density at radius 2 is 1.78 bits per heavy atom. The lowest BCUT2D eigenvalue weighted by molar-refractivity contribution is -0.332. The number of ether oxygens (including phenoxy) is 2. The molecule has 0 aliphatic carbocycles. The minimum absolute atomic E-state index is 0.0151. The maximum Gasteiger partial charge on any atom is 0.433 e. The Morgan fingerprint density at radius 1 is 1.22 bits per heavy atom. The smallest absolute Gasteiger partial charge is 0.433 e. The van der Waals surface area contributed by atoms with Crippen LogP contribution < -0.4 is 0 Å². The third-order valence-electron chi connectivity index (χ3n) is 3.61. The Balaban J connectivity index is 2.29. The fourth-order valence-electron chi connectivity index (χ4n) is 2.57. The first-order valence-corrected chi connectivity index (χ1v) is 7.23. The van der Waals surface area contributed by atoms with Crippen LogP contribution in [0.4, 0.5) is 13.2 Å². The zero-order valence-electron chi connectivity index (χ0n) is 13.4. The molecule has 2 rings (SSSR count). The number of carbonyl (C=O) groups is 1. The third-order valence-corrected chi connectivity index (χ3v) is 3.61. The molecule has 1 saturated heterocycles. The highest BCUT2D eigenvalue weighted by Crippen LogP contribution is 2.58. The van der Waals surface area contributed by atoms with Crippen molar-refractivity contribution in [1.29, 1.82) is 0 Å². The number of carbonyl (C=O) groups excluding carboxylic acids is 1. The van der Waals surface area contributed by atoms with Crippen LogP contribution in [0.5, 0.6) is 0 Å². The third kappa shape index (κ3) is 3.21. The Hall–Kier alpha value is -1.98. The van der Waals surface area contributed by atoms with Gasteiger partial charge in [-0.05, 0) is 20.8 Å². The second-order valence-corrected chi connectivity index (χ2v) is 6.50. The summed E-state index contributed by atoms with van der Waals surface area (Å²) in [7, 11) is 0.